The molecule has 0 saturated carbocycles. The van der Waals surface area contributed by atoms with E-state index in [1.807, 2.05) is 6.07 Å². The summed E-state index contributed by atoms with van der Waals surface area (Å²) < 4.78 is 16.3. The number of hydrogen-bond acceptors (Lipinski definition) is 3. The van der Waals surface area contributed by atoms with Crippen molar-refractivity contribution in [3.63, 3.8) is 0 Å². The molecule has 12 aromatic rings. The maximum Gasteiger partial charge on any atom is 0.256 e. The first-order valence-corrected chi connectivity index (χ1v) is 23.5. The molecule has 10 aromatic carbocycles. The Morgan fingerprint density at radius 2 is 1.12 bits per heavy atom. The summed E-state index contributed by atoms with van der Waals surface area (Å²) in [4.78, 5) is 2.36. The number of para-hydroxylation sites is 2. The minimum atomic E-state index is -0.538. The van der Waals surface area contributed by atoms with Gasteiger partial charge in [0, 0.05) is 50.5 Å². The first-order valence-electron chi connectivity index (χ1n) is 23.5. The van der Waals surface area contributed by atoms with Gasteiger partial charge in [0.15, 0.2) is 0 Å². The third-order valence-corrected chi connectivity index (χ3v) is 14.9. The smallest absolute Gasteiger partial charge is 0.256 e. The highest BCUT2D eigenvalue weighted by molar-refractivity contribution is 6.99. The van der Waals surface area contributed by atoms with Crippen LogP contribution in [-0.2, 0) is 5.41 Å². The van der Waals surface area contributed by atoms with Crippen molar-refractivity contribution in [1.29, 1.82) is 0 Å². The van der Waals surface area contributed by atoms with Crippen LogP contribution >= 0.6 is 0 Å². The van der Waals surface area contributed by atoms with E-state index >= 15 is 0 Å². The van der Waals surface area contributed by atoms with Crippen LogP contribution in [0, 0.1) is 0 Å². The predicted octanol–water partition coefficient (Wildman–Crippen LogP) is 14.0. The second kappa shape index (κ2) is 14.1. The van der Waals surface area contributed by atoms with Crippen molar-refractivity contribution in [2.45, 2.75) is 5.41 Å². The molecule has 5 heteroatoms. The molecule has 316 valence electrons. The zero-order valence-corrected chi connectivity index (χ0v) is 36.8. The van der Waals surface area contributed by atoms with Gasteiger partial charge in [-0.3, -0.25) is 0 Å². The molecule has 3 aliphatic rings. The zero-order chi connectivity index (χ0) is 44.5. The van der Waals surface area contributed by atoms with Gasteiger partial charge >= 0.3 is 0 Å². The molecule has 0 saturated heterocycles. The number of ether oxygens (including phenoxy) is 1. The van der Waals surface area contributed by atoms with E-state index in [0.29, 0.717) is 0 Å². The first-order chi connectivity index (χ1) is 33.8. The lowest BCUT2D eigenvalue weighted by molar-refractivity contribution is 0.487. The lowest BCUT2D eigenvalue weighted by atomic mass is 9.34. The molecule has 0 radical (unpaired) electrons. The summed E-state index contributed by atoms with van der Waals surface area (Å²) in [6, 6.07) is 85.9. The molecule has 0 N–H and O–H groups in total. The van der Waals surface area contributed by atoms with Crippen molar-refractivity contribution in [3.8, 4) is 39.6 Å². The van der Waals surface area contributed by atoms with Gasteiger partial charge in [0.2, 0.25) is 0 Å². The molecule has 1 aliphatic carbocycles. The van der Waals surface area contributed by atoms with Crippen molar-refractivity contribution in [1.82, 2.24) is 4.57 Å². The first kappa shape index (κ1) is 37.4. The fraction of sp³-hybridized carbons (Fsp3) is 0.0159. The number of aromatic nitrogens is 1. The maximum absolute atomic E-state index is 7.20. The topological polar surface area (TPSA) is 30.5 Å². The van der Waals surface area contributed by atoms with Crippen LogP contribution in [0.25, 0.3) is 60.9 Å². The van der Waals surface area contributed by atoms with Crippen LogP contribution in [0.3, 0.4) is 0 Å². The average molecular weight is 867 g/mol. The second-order valence-corrected chi connectivity index (χ2v) is 18.3. The van der Waals surface area contributed by atoms with Crippen LogP contribution in [0.4, 0.5) is 17.1 Å². The largest absolute Gasteiger partial charge is 0.458 e. The highest BCUT2D eigenvalue weighted by Crippen LogP contribution is 2.60. The van der Waals surface area contributed by atoms with Gasteiger partial charge in [0.05, 0.1) is 22.2 Å². The van der Waals surface area contributed by atoms with Gasteiger partial charge in [-0.2, -0.15) is 0 Å². The Labute approximate surface area is 393 Å². The fourth-order valence-corrected chi connectivity index (χ4v) is 12.3. The minimum Gasteiger partial charge on any atom is -0.458 e. The summed E-state index contributed by atoms with van der Waals surface area (Å²) in [5.74, 6) is 1.73. The van der Waals surface area contributed by atoms with Gasteiger partial charge < -0.3 is 18.6 Å². The van der Waals surface area contributed by atoms with Crippen LogP contribution in [0.5, 0.6) is 11.5 Å². The Bertz CT molecular complexity index is 3970. The zero-order valence-electron chi connectivity index (χ0n) is 36.8. The van der Waals surface area contributed by atoms with E-state index in [9.17, 15) is 0 Å². The van der Waals surface area contributed by atoms with Crippen LogP contribution < -0.4 is 26.0 Å². The number of hydrogen-bond donors (Lipinski definition) is 0. The van der Waals surface area contributed by atoms with E-state index < -0.39 is 5.41 Å². The highest BCUT2D eigenvalue weighted by atomic mass is 16.5. The molecule has 0 unspecified atom stereocenters. The van der Waals surface area contributed by atoms with Gasteiger partial charge in [0.1, 0.15) is 22.7 Å². The molecular formula is C63H39BN2O2. The number of nitrogens with zero attached hydrogens (tertiary/aromatic N) is 2. The molecular weight excluding hydrogens is 828 g/mol. The van der Waals surface area contributed by atoms with Gasteiger partial charge in [0.25, 0.3) is 6.71 Å². The Hall–Kier alpha value is -8.80. The van der Waals surface area contributed by atoms with Gasteiger partial charge in [-0.15, -0.1) is 0 Å². The van der Waals surface area contributed by atoms with E-state index in [1.54, 1.807) is 0 Å². The lowest BCUT2D eigenvalue weighted by Gasteiger charge is -2.35. The molecule has 0 fully saturated rings. The van der Waals surface area contributed by atoms with Crippen LogP contribution in [0.15, 0.2) is 241 Å². The molecule has 0 amide bonds. The lowest BCUT2D eigenvalue weighted by Crippen LogP contribution is -2.58. The third-order valence-electron chi connectivity index (χ3n) is 14.9. The van der Waals surface area contributed by atoms with Crippen molar-refractivity contribution in [3.05, 3.63) is 259 Å². The molecule has 15 rings (SSSR count). The van der Waals surface area contributed by atoms with E-state index in [4.69, 9.17) is 9.15 Å². The fourth-order valence-electron chi connectivity index (χ4n) is 12.3. The number of rotatable bonds is 6. The molecule has 0 atom stereocenters. The standard InChI is InChI=1S/C63H39BN2O2/c1-4-17-40(18-5-1)41-33-35-44(36-34-41)65(52-28-15-31-55-58(52)47-24-11-13-30-54(47)67-55)45-37-38-50-57(39-45)68-56-32-16-29-53-60(56)64(50)51-27-14-25-48-59-62(66(53)61(48)51)46-23-10-12-26-49(46)63(59,42-19-6-2-7-20-42)43-21-8-3-9-22-43/h1-39H. The normalized spacial score (nSPS) is 13.5. The molecule has 0 bridgehead atoms. The van der Waals surface area contributed by atoms with Crippen LogP contribution in [0.2, 0.25) is 0 Å². The van der Waals surface area contributed by atoms with E-state index in [1.165, 1.54) is 60.9 Å². The molecule has 4 heterocycles. The van der Waals surface area contributed by atoms with Gasteiger partial charge in [-0.1, -0.05) is 182 Å². The minimum absolute atomic E-state index is 0.0526. The summed E-state index contributed by atoms with van der Waals surface area (Å²) in [7, 11) is 0. The average Bonchev–Trinajstić information content (AvgIpc) is 4.06. The Morgan fingerprint density at radius 3 is 1.93 bits per heavy atom. The third kappa shape index (κ3) is 5.00. The number of furan rings is 1. The van der Waals surface area contributed by atoms with Crippen molar-refractivity contribution in [2.75, 3.05) is 4.90 Å². The van der Waals surface area contributed by atoms with Crippen molar-refractivity contribution in [2.24, 2.45) is 0 Å². The molecule has 68 heavy (non-hydrogen) atoms. The second-order valence-electron chi connectivity index (χ2n) is 18.3. The van der Waals surface area contributed by atoms with Gasteiger partial charge in [-0.25, -0.2) is 0 Å². The highest BCUT2D eigenvalue weighted by Gasteiger charge is 2.51. The summed E-state index contributed by atoms with van der Waals surface area (Å²) >= 11 is 0. The Kier molecular flexibility index (Phi) is 7.76. The Balaban J connectivity index is 0.958. The van der Waals surface area contributed by atoms with Crippen LogP contribution in [0.1, 0.15) is 22.3 Å². The van der Waals surface area contributed by atoms with Gasteiger partial charge in [-0.05, 0) is 92.7 Å². The summed E-state index contributed by atoms with van der Waals surface area (Å²) in [5, 5.41) is 3.42. The number of benzene rings is 10. The SMILES string of the molecule is c1ccc(-c2ccc(N(c3ccc4c(c3)Oc3cccc5c3B4c3cccc4c6c(n-5c34)-c3ccccc3C6(c3ccccc3)c3ccccc3)c3cccc4oc5ccccc5c34)cc2)cc1. The molecule has 0 spiro atoms. The summed E-state index contributed by atoms with van der Waals surface area (Å²) in [6.07, 6.45) is 0. The van der Waals surface area contributed by atoms with E-state index in [-0.39, 0.29) is 6.71 Å². The monoisotopic (exact) mass is 866 g/mol. The van der Waals surface area contributed by atoms with E-state index in [2.05, 4.69) is 240 Å². The molecule has 4 nitrogen and oxygen atoms in total. The number of anilines is 3. The number of fused-ring (bicyclic) bond motifs is 12. The summed E-state index contributed by atoms with van der Waals surface area (Å²) in [6.45, 7) is -0.0526. The summed E-state index contributed by atoms with van der Waals surface area (Å²) in [5.41, 5.74) is 20.3. The Morgan fingerprint density at radius 1 is 0.471 bits per heavy atom. The van der Waals surface area contributed by atoms with E-state index in [0.717, 1.165) is 67.2 Å². The maximum atomic E-state index is 7.20. The van der Waals surface area contributed by atoms with Crippen LogP contribution in [-0.4, -0.2) is 11.3 Å². The molecule has 2 aromatic heterocycles. The van der Waals surface area contributed by atoms with Crippen molar-refractivity contribution < 1.29 is 9.15 Å². The quantitative estimate of drug-likeness (QED) is 0.156. The van der Waals surface area contributed by atoms with Crippen molar-refractivity contribution >= 4 is 73.0 Å². The predicted molar refractivity (Wildman–Crippen MR) is 279 cm³/mol. The molecule has 2 aliphatic heterocycles.